The number of rotatable bonds is 6. The molecule has 1 amide bonds. The summed E-state index contributed by atoms with van der Waals surface area (Å²) in [5.41, 5.74) is 3.15. The Morgan fingerprint density at radius 2 is 1.92 bits per heavy atom. The molecule has 0 fully saturated rings. The molecule has 2 aromatic carbocycles. The van der Waals surface area contributed by atoms with Crippen molar-refractivity contribution >= 4 is 21.8 Å². The van der Waals surface area contributed by atoms with Crippen molar-refractivity contribution in [2.45, 2.75) is 32.9 Å². The normalized spacial score (nSPS) is 12.0. The fraction of sp³-hybridized carbons (Fsp3) is 0.263. The van der Waals surface area contributed by atoms with Crippen LogP contribution in [0.5, 0.6) is 0 Å². The number of carbonyl (C=O) groups excluding carboxylic acids is 1. The van der Waals surface area contributed by atoms with Gasteiger partial charge in [0.1, 0.15) is 6.54 Å². The van der Waals surface area contributed by atoms with Crippen molar-refractivity contribution in [1.82, 2.24) is 25.5 Å². The SMILES string of the molecule is CCc1ccc(-c2nnn(CC(=O)N[C@@H](C)c3ccccc3Br)n2)cc1. The van der Waals surface area contributed by atoms with Gasteiger partial charge in [0, 0.05) is 10.0 Å². The van der Waals surface area contributed by atoms with Crippen molar-refractivity contribution in [1.29, 1.82) is 0 Å². The maximum absolute atomic E-state index is 12.3. The molecule has 0 saturated carbocycles. The monoisotopic (exact) mass is 413 g/mol. The van der Waals surface area contributed by atoms with E-state index < -0.39 is 0 Å². The van der Waals surface area contributed by atoms with Gasteiger partial charge >= 0.3 is 0 Å². The first kappa shape index (κ1) is 18.3. The van der Waals surface area contributed by atoms with Crippen molar-refractivity contribution in [2.75, 3.05) is 0 Å². The standard InChI is InChI=1S/C19H20BrN5O/c1-3-14-8-10-15(11-9-14)19-22-24-25(23-19)12-18(26)21-13(2)16-6-4-5-7-17(16)20/h4-11,13H,3,12H2,1-2H3,(H,21,26)/t13-/m0/s1. The molecule has 1 atom stereocenters. The van der Waals surface area contributed by atoms with E-state index in [9.17, 15) is 4.79 Å². The van der Waals surface area contributed by atoms with Crippen LogP contribution < -0.4 is 5.32 Å². The van der Waals surface area contributed by atoms with Crippen LogP contribution in [0.15, 0.2) is 53.0 Å². The number of aryl methyl sites for hydroxylation is 1. The molecule has 0 bridgehead atoms. The molecular weight excluding hydrogens is 394 g/mol. The van der Waals surface area contributed by atoms with Crippen LogP contribution in [0.1, 0.15) is 31.0 Å². The van der Waals surface area contributed by atoms with Crippen molar-refractivity contribution in [3.63, 3.8) is 0 Å². The van der Waals surface area contributed by atoms with Gasteiger partial charge in [-0.15, -0.1) is 10.2 Å². The average molecular weight is 414 g/mol. The molecule has 1 aromatic heterocycles. The molecule has 0 spiro atoms. The Hall–Kier alpha value is -2.54. The smallest absolute Gasteiger partial charge is 0.244 e. The molecule has 3 aromatic rings. The van der Waals surface area contributed by atoms with Gasteiger partial charge in [-0.1, -0.05) is 65.3 Å². The van der Waals surface area contributed by atoms with Crippen LogP contribution in [-0.2, 0) is 17.8 Å². The lowest BCUT2D eigenvalue weighted by atomic mass is 10.1. The van der Waals surface area contributed by atoms with Crippen LogP contribution >= 0.6 is 15.9 Å². The Balaban J connectivity index is 1.63. The van der Waals surface area contributed by atoms with Crippen molar-refractivity contribution in [2.24, 2.45) is 0 Å². The lowest BCUT2D eigenvalue weighted by Crippen LogP contribution is -2.31. The zero-order valence-corrected chi connectivity index (χ0v) is 16.3. The highest BCUT2D eigenvalue weighted by molar-refractivity contribution is 9.10. The first-order valence-electron chi connectivity index (χ1n) is 8.47. The molecule has 134 valence electrons. The van der Waals surface area contributed by atoms with E-state index in [2.05, 4.69) is 43.6 Å². The molecule has 0 saturated heterocycles. The van der Waals surface area contributed by atoms with E-state index in [1.54, 1.807) is 0 Å². The van der Waals surface area contributed by atoms with Crippen LogP contribution in [0, 0.1) is 0 Å². The van der Waals surface area contributed by atoms with Gasteiger partial charge in [0.25, 0.3) is 0 Å². The maximum atomic E-state index is 12.3. The van der Waals surface area contributed by atoms with Crippen LogP contribution in [0.25, 0.3) is 11.4 Å². The Labute approximate surface area is 160 Å². The van der Waals surface area contributed by atoms with Gasteiger partial charge in [0.2, 0.25) is 11.7 Å². The zero-order chi connectivity index (χ0) is 18.5. The van der Waals surface area contributed by atoms with Gasteiger partial charge in [0.15, 0.2) is 0 Å². The fourth-order valence-electron chi connectivity index (χ4n) is 2.63. The summed E-state index contributed by atoms with van der Waals surface area (Å²) >= 11 is 3.50. The second-order valence-corrected chi connectivity index (χ2v) is 6.86. The molecule has 7 heteroatoms. The van der Waals surface area contributed by atoms with Crippen LogP contribution in [0.3, 0.4) is 0 Å². The highest BCUT2D eigenvalue weighted by atomic mass is 79.9. The molecule has 0 unspecified atom stereocenters. The van der Waals surface area contributed by atoms with Gasteiger partial charge in [-0.3, -0.25) is 4.79 Å². The number of nitrogens with one attached hydrogen (secondary N) is 1. The molecule has 26 heavy (non-hydrogen) atoms. The van der Waals surface area contributed by atoms with Crippen LogP contribution in [0.2, 0.25) is 0 Å². The maximum Gasteiger partial charge on any atom is 0.244 e. The van der Waals surface area contributed by atoms with Gasteiger partial charge in [-0.2, -0.15) is 4.80 Å². The minimum Gasteiger partial charge on any atom is -0.348 e. The largest absolute Gasteiger partial charge is 0.348 e. The van der Waals surface area contributed by atoms with Gasteiger partial charge in [-0.05, 0) is 35.8 Å². The summed E-state index contributed by atoms with van der Waals surface area (Å²) in [6, 6.07) is 15.7. The third-order valence-electron chi connectivity index (χ3n) is 4.11. The second-order valence-electron chi connectivity index (χ2n) is 6.00. The molecule has 0 aliphatic heterocycles. The van der Waals surface area contributed by atoms with Crippen LogP contribution in [0.4, 0.5) is 0 Å². The zero-order valence-electron chi connectivity index (χ0n) is 14.7. The topological polar surface area (TPSA) is 72.7 Å². The van der Waals surface area contributed by atoms with Gasteiger partial charge < -0.3 is 5.32 Å². The molecule has 0 radical (unpaired) electrons. The number of aromatic nitrogens is 4. The predicted octanol–water partition coefficient (Wildman–Crippen LogP) is 3.54. The van der Waals surface area contributed by atoms with E-state index in [-0.39, 0.29) is 18.5 Å². The minimum atomic E-state index is -0.168. The summed E-state index contributed by atoms with van der Waals surface area (Å²) < 4.78 is 0.962. The summed E-state index contributed by atoms with van der Waals surface area (Å²) in [5, 5.41) is 15.3. The second kappa shape index (κ2) is 8.23. The third-order valence-corrected chi connectivity index (χ3v) is 4.83. The highest BCUT2D eigenvalue weighted by Gasteiger charge is 2.14. The molecule has 0 aliphatic rings. The van der Waals surface area contributed by atoms with E-state index in [1.165, 1.54) is 10.4 Å². The average Bonchev–Trinajstić information content (AvgIpc) is 3.10. The number of amides is 1. The summed E-state index contributed by atoms with van der Waals surface area (Å²) in [4.78, 5) is 13.6. The Morgan fingerprint density at radius 3 is 2.62 bits per heavy atom. The van der Waals surface area contributed by atoms with Gasteiger partial charge in [-0.25, -0.2) is 0 Å². The molecule has 1 heterocycles. The Kier molecular flexibility index (Phi) is 5.78. The molecular formula is C19H20BrN5O. The number of hydrogen-bond donors (Lipinski definition) is 1. The van der Waals surface area contributed by atoms with E-state index in [0.717, 1.165) is 22.0 Å². The van der Waals surface area contributed by atoms with E-state index in [0.29, 0.717) is 5.82 Å². The van der Waals surface area contributed by atoms with E-state index in [4.69, 9.17) is 0 Å². The fourth-order valence-corrected chi connectivity index (χ4v) is 3.26. The first-order valence-corrected chi connectivity index (χ1v) is 9.27. The number of carbonyl (C=O) groups is 1. The Morgan fingerprint density at radius 1 is 1.19 bits per heavy atom. The van der Waals surface area contributed by atoms with Crippen molar-refractivity contribution in [3.05, 3.63) is 64.1 Å². The van der Waals surface area contributed by atoms with E-state index >= 15 is 0 Å². The molecule has 0 aliphatic carbocycles. The molecule has 3 rings (SSSR count). The number of tetrazole rings is 1. The highest BCUT2D eigenvalue weighted by Crippen LogP contribution is 2.22. The summed E-state index contributed by atoms with van der Waals surface area (Å²) in [5.74, 6) is 0.345. The van der Waals surface area contributed by atoms with Crippen molar-refractivity contribution in [3.8, 4) is 11.4 Å². The van der Waals surface area contributed by atoms with Gasteiger partial charge in [0.05, 0.1) is 6.04 Å². The minimum absolute atomic E-state index is 0.0227. The predicted molar refractivity (Wildman–Crippen MR) is 103 cm³/mol. The lowest BCUT2D eigenvalue weighted by Gasteiger charge is -2.15. The summed E-state index contributed by atoms with van der Waals surface area (Å²) in [6.45, 7) is 4.07. The quantitative estimate of drug-likeness (QED) is 0.670. The molecule has 6 nitrogen and oxygen atoms in total. The third kappa shape index (κ3) is 4.35. The molecule has 1 N–H and O–H groups in total. The number of nitrogens with zero attached hydrogens (tertiary/aromatic N) is 4. The number of hydrogen-bond acceptors (Lipinski definition) is 4. The summed E-state index contributed by atoms with van der Waals surface area (Å²) in [7, 11) is 0. The lowest BCUT2D eigenvalue weighted by molar-refractivity contribution is -0.122. The van der Waals surface area contributed by atoms with Crippen molar-refractivity contribution < 1.29 is 4.79 Å². The van der Waals surface area contributed by atoms with E-state index in [1.807, 2.05) is 55.5 Å². The summed E-state index contributed by atoms with van der Waals surface area (Å²) in [6.07, 6.45) is 0.982. The Bertz CT molecular complexity index is 891. The number of halogens is 1. The first-order chi connectivity index (χ1) is 12.6. The number of benzene rings is 2. The van der Waals surface area contributed by atoms with Crippen LogP contribution in [-0.4, -0.2) is 26.1 Å².